The lowest BCUT2D eigenvalue weighted by atomic mass is 10.4. The summed E-state index contributed by atoms with van der Waals surface area (Å²) in [6.45, 7) is 3.52. The number of hydrogen-bond acceptors (Lipinski definition) is 4. The molecule has 0 aliphatic rings. The Morgan fingerprint density at radius 1 is 1.53 bits per heavy atom. The second-order valence-electron chi connectivity index (χ2n) is 3.10. The van der Waals surface area contributed by atoms with Crippen LogP contribution < -0.4 is 5.73 Å². The molecule has 0 unspecified atom stereocenters. The first kappa shape index (κ1) is 10.2. The summed E-state index contributed by atoms with van der Waals surface area (Å²) in [5.41, 5.74) is 6.54. The van der Waals surface area contributed by atoms with Gasteiger partial charge in [-0.2, -0.15) is 10.1 Å². The average Bonchev–Trinajstić information content (AvgIpc) is 2.75. The van der Waals surface area contributed by atoms with Crippen LogP contribution >= 0.6 is 15.9 Å². The molecule has 0 bridgehead atoms. The van der Waals surface area contributed by atoms with Gasteiger partial charge in [-0.1, -0.05) is 0 Å². The zero-order chi connectivity index (χ0) is 10.8. The highest BCUT2D eigenvalue weighted by molar-refractivity contribution is 9.10. The van der Waals surface area contributed by atoms with Crippen molar-refractivity contribution in [3.05, 3.63) is 22.7 Å². The van der Waals surface area contributed by atoms with Crippen LogP contribution in [0.5, 0.6) is 0 Å². The maximum absolute atomic E-state index is 5.47. The third kappa shape index (κ3) is 2.17. The molecule has 0 saturated carbocycles. The van der Waals surface area contributed by atoms with Crippen molar-refractivity contribution in [1.82, 2.24) is 24.5 Å². The highest BCUT2D eigenvalue weighted by Gasteiger charge is 2.06. The monoisotopic (exact) mass is 270 g/mol. The van der Waals surface area contributed by atoms with Crippen LogP contribution in [0.2, 0.25) is 0 Å². The van der Waals surface area contributed by atoms with Crippen LogP contribution in [0.4, 0.5) is 5.95 Å². The minimum Gasteiger partial charge on any atom is -0.366 e. The Bertz CT molecular complexity index is 459. The van der Waals surface area contributed by atoms with Gasteiger partial charge >= 0.3 is 0 Å². The maximum atomic E-state index is 5.47. The number of aryl methyl sites for hydroxylation is 1. The molecule has 0 atom stereocenters. The molecule has 0 aliphatic heterocycles. The summed E-state index contributed by atoms with van der Waals surface area (Å²) in [5, 5.41) is 8.22. The molecule has 0 radical (unpaired) electrons. The van der Waals surface area contributed by atoms with Crippen LogP contribution in [-0.2, 0) is 13.1 Å². The summed E-state index contributed by atoms with van der Waals surface area (Å²) in [6, 6.07) is 0. The first-order valence-electron chi connectivity index (χ1n) is 4.56. The summed E-state index contributed by atoms with van der Waals surface area (Å²) < 4.78 is 4.18. The second kappa shape index (κ2) is 4.01. The van der Waals surface area contributed by atoms with Crippen molar-refractivity contribution in [2.75, 3.05) is 5.73 Å². The number of aromatic nitrogens is 5. The van der Waals surface area contributed by atoms with Gasteiger partial charge in [-0.25, -0.2) is 4.68 Å². The van der Waals surface area contributed by atoms with E-state index in [1.54, 1.807) is 4.68 Å². The highest BCUT2D eigenvalue weighted by atomic mass is 79.9. The molecule has 2 aromatic rings. The van der Waals surface area contributed by atoms with Crippen LogP contribution in [0.15, 0.2) is 17.1 Å². The largest absolute Gasteiger partial charge is 0.366 e. The maximum Gasteiger partial charge on any atom is 0.240 e. The van der Waals surface area contributed by atoms with E-state index in [1.807, 2.05) is 24.0 Å². The molecule has 6 nitrogen and oxygen atoms in total. The van der Waals surface area contributed by atoms with Crippen LogP contribution in [0.1, 0.15) is 12.5 Å². The third-order valence-electron chi connectivity index (χ3n) is 1.99. The molecule has 2 rings (SSSR count). The van der Waals surface area contributed by atoms with E-state index in [0.717, 1.165) is 12.1 Å². The lowest BCUT2D eigenvalue weighted by Crippen LogP contribution is -2.02. The number of anilines is 1. The normalized spacial score (nSPS) is 10.8. The molecule has 15 heavy (non-hydrogen) atoms. The summed E-state index contributed by atoms with van der Waals surface area (Å²) >= 11 is 3.28. The van der Waals surface area contributed by atoms with Gasteiger partial charge in [0, 0.05) is 18.3 Å². The zero-order valence-electron chi connectivity index (χ0n) is 8.26. The van der Waals surface area contributed by atoms with E-state index in [4.69, 9.17) is 5.73 Å². The molecule has 0 fully saturated rings. The summed E-state index contributed by atoms with van der Waals surface area (Å²) in [5.74, 6) is 0.268. The Hall–Kier alpha value is -1.37. The number of halogens is 1. The van der Waals surface area contributed by atoms with Gasteiger partial charge in [0.25, 0.3) is 0 Å². The molecule has 2 N–H and O–H groups in total. The zero-order valence-corrected chi connectivity index (χ0v) is 9.85. The van der Waals surface area contributed by atoms with Crippen molar-refractivity contribution >= 4 is 21.9 Å². The first-order valence-corrected chi connectivity index (χ1v) is 5.35. The van der Waals surface area contributed by atoms with E-state index < -0.39 is 0 Å². The predicted octanol–water partition coefficient (Wildman–Crippen LogP) is 0.887. The highest BCUT2D eigenvalue weighted by Crippen LogP contribution is 2.10. The van der Waals surface area contributed by atoms with Crippen LogP contribution in [0.25, 0.3) is 0 Å². The molecular weight excluding hydrogens is 260 g/mol. The Kier molecular flexibility index (Phi) is 2.72. The number of nitrogens with two attached hydrogens (primary N) is 1. The molecule has 0 spiro atoms. The van der Waals surface area contributed by atoms with Crippen molar-refractivity contribution in [3.63, 3.8) is 0 Å². The van der Waals surface area contributed by atoms with Gasteiger partial charge in [0.15, 0.2) is 4.73 Å². The van der Waals surface area contributed by atoms with Gasteiger partial charge in [0.05, 0.1) is 12.7 Å². The number of rotatable bonds is 3. The van der Waals surface area contributed by atoms with Crippen molar-refractivity contribution in [2.24, 2.45) is 0 Å². The minimum atomic E-state index is 0.268. The Morgan fingerprint density at radius 2 is 2.33 bits per heavy atom. The fourth-order valence-corrected chi connectivity index (χ4v) is 1.66. The number of hydrogen-bond donors (Lipinski definition) is 1. The smallest absolute Gasteiger partial charge is 0.240 e. The molecule has 7 heteroatoms. The van der Waals surface area contributed by atoms with E-state index in [0.29, 0.717) is 11.3 Å². The van der Waals surface area contributed by atoms with Gasteiger partial charge in [-0.3, -0.25) is 4.68 Å². The lowest BCUT2D eigenvalue weighted by molar-refractivity contribution is 0.651. The average molecular weight is 271 g/mol. The molecule has 0 aromatic carbocycles. The van der Waals surface area contributed by atoms with Crippen molar-refractivity contribution < 1.29 is 0 Å². The lowest BCUT2D eigenvalue weighted by Gasteiger charge is -1.97. The fourth-order valence-electron chi connectivity index (χ4n) is 1.27. The van der Waals surface area contributed by atoms with Crippen LogP contribution in [-0.4, -0.2) is 24.5 Å². The molecule has 0 amide bonds. The quantitative estimate of drug-likeness (QED) is 0.899. The van der Waals surface area contributed by atoms with Gasteiger partial charge in [0.1, 0.15) is 0 Å². The topological polar surface area (TPSA) is 74.5 Å². The number of nitrogens with zero attached hydrogens (tertiary/aromatic N) is 5. The molecule has 2 aromatic heterocycles. The molecule has 0 aliphatic carbocycles. The van der Waals surface area contributed by atoms with E-state index in [1.165, 1.54) is 0 Å². The van der Waals surface area contributed by atoms with E-state index >= 15 is 0 Å². The molecular formula is C8H11BrN6. The summed E-state index contributed by atoms with van der Waals surface area (Å²) in [6.07, 6.45) is 3.79. The van der Waals surface area contributed by atoms with Crippen molar-refractivity contribution in [2.45, 2.75) is 20.0 Å². The Morgan fingerprint density at radius 3 is 2.87 bits per heavy atom. The van der Waals surface area contributed by atoms with E-state index in [2.05, 4.69) is 31.1 Å². The second-order valence-corrected chi connectivity index (χ2v) is 3.81. The van der Waals surface area contributed by atoms with Crippen LogP contribution in [0.3, 0.4) is 0 Å². The van der Waals surface area contributed by atoms with Crippen LogP contribution in [0, 0.1) is 0 Å². The van der Waals surface area contributed by atoms with Gasteiger partial charge in [-0.05, 0) is 22.9 Å². The fraction of sp³-hybridized carbons (Fsp3) is 0.375. The first-order chi connectivity index (χ1) is 7.19. The Labute approximate surface area is 95.2 Å². The Balaban J connectivity index is 2.17. The van der Waals surface area contributed by atoms with E-state index in [9.17, 15) is 0 Å². The molecule has 0 saturated heterocycles. The summed E-state index contributed by atoms with van der Waals surface area (Å²) in [4.78, 5) is 3.95. The number of nitrogen functional groups attached to an aromatic ring is 1. The van der Waals surface area contributed by atoms with Gasteiger partial charge in [0.2, 0.25) is 5.95 Å². The molecule has 2 heterocycles. The standard InChI is InChI=1S/C8H11BrN6/c1-2-14-4-6(3-11-14)5-15-7(9)12-8(10)13-15/h3-4H,2,5H2,1H3,(H2,10,13). The predicted molar refractivity (Wildman–Crippen MR) is 59.1 cm³/mol. The van der Waals surface area contributed by atoms with Crippen molar-refractivity contribution in [3.8, 4) is 0 Å². The summed E-state index contributed by atoms with van der Waals surface area (Å²) in [7, 11) is 0. The SMILES string of the molecule is CCn1cc(Cn2nc(N)nc2Br)cn1. The molecule has 80 valence electrons. The minimum absolute atomic E-state index is 0.268. The van der Waals surface area contributed by atoms with E-state index in [-0.39, 0.29) is 5.95 Å². The van der Waals surface area contributed by atoms with Gasteiger partial charge < -0.3 is 5.73 Å². The van der Waals surface area contributed by atoms with Gasteiger partial charge in [-0.15, -0.1) is 5.10 Å². The third-order valence-corrected chi connectivity index (χ3v) is 2.57. The van der Waals surface area contributed by atoms with Crippen molar-refractivity contribution in [1.29, 1.82) is 0 Å².